The zero-order valence-corrected chi connectivity index (χ0v) is 14.6. The maximum absolute atomic E-state index is 4.62. The van der Waals surface area contributed by atoms with Gasteiger partial charge in [-0.05, 0) is 19.2 Å². The second-order valence-electron chi connectivity index (χ2n) is 5.67. The van der Waals surface area contributed by atoms with Crippen molar-refractivity contribution in [2.24, 2.45) is 0 Å². The zero-order chi connectivity index (χ0) is 16.9. The molecule has 4 rings (SSSR count). The number of hydrogen-bond acceptors (Lipinski definition) is 5. The van der Waals surface area contributed by atoms with Gasteiger partial charge in [-0.25, -0.2) is 14.5 Å². The van der Waals surface area contributed by atoms with Crippen LogP contribution in [0.2, 0.25) is 0 Å². The first-order chi connectivity index (χ1) is 11.8. The van der Waals surface area contributed by atoms with E-state index in [1.807, 2.05) is 38.5 Å². The standard InChI is InChI=1S/C16H18N6.C2H6/c1-20-6-8-21(9-7-20)15-3-2-13(10-17-15)14-11-18-16-4-5-19-22(16)12-14;1-2/h2-5,10-12H,6-9H2,1H3;1-2H3. The summed E-state index contributed by atoms with van der Waals surface area (Å²) >= 11 is 0. The van der Waals surface area contributed by atoms with E-state index in [0.717, 1.165) is 48.8 Å². The summed E-state index contributed by atoms with van der Waals surface area (Å²) in [6, 6.07) is 6.08. The van der Waals surface area contributed by atoms with Crippen LogP contribution < -0.4 is 4.90 Å². The average Bonchev–Trinajstić information content (AvgIpc) is 3.12. The number of pyridine rings is 1. The highest BCUT2D eigenvalue weighted by Gasteiger charge is 2.15. The largest absolute Gasteiger partial charge is 0.354 e. The molecular formula is C18H24N6. The van der Waals surface area contributed by atoms with E-state index in [2.05, 4.69) is 44.0 Å². The second kappa shape index (κ2) is 7.40. The summed E-state index contributed by atoms with van der Waals surface area (Å²) in [5.74, 6) is 1.05. The van der Waals surface area contributed by atoms with Crippen LogP contribution >= 0.6 is 0 Å². The van der Waals surface area contributed by atoms with Gasteiger partial charge in [-0.3, -0.25) is 0 Å². The predicted molar refractivity (Wildman–Crippen MR) is 97.3 cm³/mol. The summed E-state index contributed by atoms with van der Waals surface area (Å²) in [5, 5.41) is 4.22. The summed E-state index contributed by atoms with van der Waals surface area (Å²) in [4.78, 5) is 13.7. The van der Waals surface area contributed by atoms with Gasteiger partial charge in [0.2, 0.25) is 0 Å². The molecule has 3 aromatic heterocycles. The van der Waals surface area contributed by atoms with Crippen LogP contribution in [0, 0.1) is 0 Å². The number of hydrogen-bond donors (Lipinski definition) is 0. The van der Waals surface area contributed by atoms with Gasteiger partial charge in [-0.15, -0.1) is 0 Å². The topological polar surface area (TPSA) is 49.6 Å². The molecule has 0 atom stereocenters. The van der Waals surface area contributed by atoms with Crippen LogP contribution in [0.3, 0.4) is 0 Å². The minimum absolute atomic E-state index is 0.853. The fourth-order valence-electron chi connectivity index (χ4n) is 2.74. The van der Waals surface area contributed by atoms with Crippen LogP contribution in [0.1, 0.15) is 13.8 Å². The minimum Gasteiger partial charge on any atom is -0.354 e. The molecule has 0 amide bonds. The Hall–Kier alpha value is -2.47. The normalized spacial score (nSPS) is 15.2. The molecule has 0 unspecified atom stereocenters. The molecular weight excluding hydrogens is 300 g/mol. The van der Waals surface area contributed by atoms with Crippen molar-refractivity contribution in [3.8, 4) is 11.1 Å². The van der Waals surface area contributed by atoms with Crippen LogP contribution in [-0.2, 0) is 0 Å². The maximum Gasteiger partial charge on any atom is 0.154 e. The summed E-state index contributed by atoms with van der Waals surface area (Å²) in [5.41, 5.74) is 2.93. The Morgan fingerprint density at radius 3 is 2.33 bits per heavy atom. The van der Waals surface area contributed by atoms with Crippen molar-refractivity contribution in [2.75, 3.05) is 38.1 Å². The van der Waals surface area contributed by atoms with Gasteiger partial charge < -0.3 is 9.80 Å². The Morgan fingerprint density at radius 2 is 1.62 bits per heavy atom. The third-order valence-electron chi connectivity index (χ3n) is 4.16. The van der Waals surface area contributed by atoms with E-state index in [4.69, 9.17) is 0 Å². The van der Waals surface area contributed by atoms with E-state index in [1.165, 1.54) is 0 Å². The number of aromatic nitrogens is 4. The van der Waals surface area contributed by atoms with E-state index in [0.29, 0.717) is 0 Å². The molecule has 0 radical (unpaired) electrons. The number of piperazine rings is 1. The van der Waals surface area contributed by atoms with Crippen molar-refractivity contribution in [1.29, 1.82) is 0 Å². The monoisotopic (exact) mass is 324 g/mol. The fourth-order valence-corrected chi connectivity index (χ4v) is 2.74. The molecule has 6 nitrogen and oxygen atoms in total. The van der Waals surface area contributed by atoms with Gasteiger partial charge in [0, 0.05) is 62.0 Å². The molecule has 4 heterocycles. The van der Waals surface area contributed by atoms with Crippen molar-refractivity contribution in [3.05, 3.63) is 43.0 Å². The number of fused-ring (bicyclic) bond motifs is 1. The lowest BCUT2D eigenvalue weighted by Gasteiger charge is -2.33. The van der Waals surface area contributed by atoms with E-state index in [1.54, 1.807) is 10.7 Å². The average molecular weight is 324 g/mol. The lowest BCUT2D eigenvalue weighted by molar-refractivity contribution is 0.312. The Bertz CT molecular complexity index is 772. The molecule has 3 aromatic rings. The molecule has 0 aliphatic carbocycles. The van der Waals surface area contributed by atoms with Crippen LogP contribution in [-0.4, -0.2) is 57.7 Å². The maximum atomic E-state index is 4.62. The summed E-state index contributed by atoms with van der Waals surface area (Å²) in [7, 11) is 2.16. The van der Waals surface area contributed by atoms with Gasteiger partial charge in [-0.1, -0.05) is 13.8 Å². The predicted octanol–water partition coefficient (Wildman–Crippen LogP) is 2.57. The van der Waals surface area contributed by atoms with Crippen molar-refractivity contribution >= 4 is 11.5 Å². The van der Waals surface area contributed by atoms with Crippen LogP contribution in [0.4, 0.5) is 5.82 Å². The molecule has 0 aromatic carbocycles. The zero-order valence-electron chi connectivity index (χ0n) is 14.6. The lowest BCUT2D eigenvalue weighted by atomic mass is 10.1. The van der Waals surface area contributed by atoms with Crippen molar-refractivity contribution < 1.29 is 0 Å². The van der Waals surface area contributed by atoms with E-state index >= 15 is 0 Å². The highest BCUT2D eigenvalue weighted by Crippen LogP contribution is 2.21. The molecule has 0 bridgehead atoms. The quantitative estimate of drug-likeness (QED) is 0.725. The number of anilines is 1. The molecule has 1 fully saturated rings. The van der Waals surface area contributed by atoms with Gasteiger partial charge >= 0.3 is 0 Å². The third-order valence-corrected chi connectivity index (χ3v) is 4.16. The smallest absolute Gasteiger partial charge is 0.154 e. The van der Waals surface area contributed by atoms with Gasteiger partial charge in [0.25, 0.3) is 0 Å². The second-order valence-corrected chi connectivity index (χ2v) is 5.67. The molecule has 24 heavy (non-hydrogen) atoms. The van der Waals surface area contributed by atoms with Crippen molar-refractivity contribution in [3.63, 3.8) is 0 Å². The van der Waals surface area contributed by atoms with Crippen LogP contribution in [0.15, 0.2) is 43.0 Å². The van der Waals surface area contributed by atoms with Crippen LogP contribution in [0.5, 0.6) is 0 Å². The van der Waals surface area contributed by atoms with E-state index in [-0.39, 0.29) is 0 Å². The Labute approximate surface area is 142 Å². The number of rotatable bonds is 2. The lowest BCUT2D eigenvalue weighted by Crippen LogP contribution is -2.44. The number of nitrogens with zero attached hydrogens (tertiary/aromatic N) is 6. The van der Waals surface area contributed by atoms with Crippen LogP contribution in [0.25, 0.3) is 16.8 Å². The van der Waals surface area contributed by atoms with Gasteiger partial charge in [0.05, 0.1) is 6.20 Å². The Balaban J connectivity index is 0.000000815. The summed E-state index contributed by atoms with van der Waals surface area (Å²) in [6.45, 7) is 8.24. The highest BCUT2D eigenvalue weighted by atomic mass is 15.3. The number of likely N-dealkylation sites (N-methyl/N-ethyl adjacent to an activating group) is 1. The third kappa shape index (κ3) is 3.38. The molecule has 1 aliphatic heterocycles. The van der Waals surface area contributed by atoms with E-state index in [9.17, 15) is 0 Å². The van der Waals surface area contributed by atoms with Crippen molar-refractivity contribution in [1.82, 2.24) is 24.5 Å². The first-order valence-electron chi connectivity index (χ1n) is 8.49. The molecule has 0 spiro atoms. The summed E-state index contributed by atoms with van der Waals surface area (Å²) < 4.78 is 1.78. The SMILES string of the molecule is CC.CN1CCN(c2ccc(-c3cnc4ccnn4c3)cn2)CC1. The van der Waals surface area contributed by atoms with Gasteiger partial charge in [-0.2, -0.15) is 5.10 Å². The molecule has 0 N–H and O–H groups in total. The molecule has 1 saturated heterocycles. The first-order valence-corrected chi connectivity index (χ1v) is 8.49. The molecule has 0 saturated carbocycles. The Morgan fingerprint density at radius 1 is 0.875 bits per heavy atom. The van der Waals surface area contributed by atoms with Crippen molar-refractivity contribution in [2.45, 2.75) is 13.8 Å². The first kappa shape index (κ1) is 16.4. The summed E-state index contributed by atoms with van der Waals surface area (Å²) in [6.07, 6.45) is 7.51. The van der Waals surface area contributed by atoms with E-state index < -0.39 is 0 Å². The fraction of sp³-hybridized carbons (Fsp3) is 0.389. The highest BCUT2D eigenvalue weighted by molar-refractivity contribution is 5.63. The molecule has 1 aliphatic rings. The minimum atomic E-state index is 0.853. The Kier molecular flexibility index (Phi) is 5.05. The van der Waals surface area contributed by atoms with Gasteiger partial charge in [0.15, 0.2) is 5.65 Å². The molecule has 6 heteroatoms. The molecule has 126 valence electrons. The van der Waals surface area contributed by atoms with Gasteiger partial charge in [0.1, 0.15) is 5.82 Å².